The summed E-state index contributed by atoms with van der Waals surface area (Å²) < 4.78 is 13.7. The van der Waals surface area contributed by atoms with Gasteiger partial charge in [-0.15, -0.1) is 11.3 Å². The van der Waals surface area contributed by atoms with E-state index in [4.69, 9.17) is 0 Å². The van der Waals surface area contributed by atoms with Crippen molar-refractivity contribution in [2.75, 3.05) is 37.6 Å². The number of hydrogen-bond donors (Lipinski definition) is 0. The molecule has 1 saturated heterocycles. The van der Waals surface area contributed by atoms with Gasteiger partial charge in [-0.1, -0.05) is 0 Å². The van der Waals surface area contributed by atoms with Gasteiger partial charge < -0.3 is 4.90 Å². The van der Waals surface area contributed by atoms with Crippen LogP contribution in [0.2, 0.25) is 0 Å². The molecule has 3 rings (SSSR count). The number of nitrogens with zero attached hydrogens (tertiary/aromatic N) is 4. The maximum atomic E-state index is 13.7. The van der Waals surface area contributed by atoms with Crippen LogP contribution in [0, 0.1) is 5.82 Å². The Hall–Kier alpha value is -1.53. The average molecular weight is 292 g/mol. The second-order valence-corrected chi connectivity index (χ2v) is 5.59. The van der Waals surface area contributed by atoms with Crippen LogP contribution in [-0.2, 0) is 6.42 Å². The van der Waals surface area contributed by atoms with Crippen molar-refractivity contribution in [2.45, 2.75) is 6.42 Å². The SMILES string of the molecule is Fc1cccnc1N1CCN(CCc2cscn2)CC1. The van der Waals surface area contributed by atoms with Gasteiger partial charge in [-0.05, 0) is 12.1 Å². The van der Waals surface area contributed by atoms with Crippen LogP contribution in [-0.4, -0.2) is 47.6 Å². The number of anilines is 1. The highest BCUT2D eigenvalue weighted by atomic mass is 32.1. The molecule has 0 bridgehead atoms. The molecule has 1 aliphatic rings. The van der Waals surface area contributed by atoms with E-state index in [2.05, 4.69) is 20.2 Å². The van der Waals surface area contributed by atoms with E-state index in [-0.39, 0.29) is 5.82 Å². The van der Waals surface area contributed by atoms with Gasteiger partial charge in [-0.3, -0.25) is 4.90 Å². The lowest BCUT2D eigenvalue weighted by atomic mass is 10.2. The second-order valence-electron chi connectivity index (χ2n) is 4.87. The molecule has 1 aliphatic heterocycles. The molecule has 4 nitrogen and oxygen atoms in total. The molecular formula is C14H17FN4S. The Bertz CT molecular complexity index is 538. The minimum atomic E-state index is -0.233. The van der Waals surface area contributed by atoms with Gasteiger partial charge in [0.25, 0.3) is 0 Å². The molecule has 0 aromatic carbocycles. The summed E-state index contributed by atoms with van der Waals surface area (Å²) in [4.78, 5) is 12.9. The largest absolute Gasteiger partial charge is 0.352 e. The van der Waals surface area contributed by atoms with Gasteiger partial charge in [0.05, 0.1) is 11.2 Å². The lowest BCUT2D eigenvalue weighted by Crippen LogP contribution is -2.47. The van der Waals surface area contributed by atoms with Gasteiger partial charge in [-0.2, -0.15) is 0 Å². The van der Waals surface area contributed by atoms with Gasteiger partial charge >= 0.3 is 0 Å². The highest BCUT2D eigenvalue weighted by Crippen LogP contribution is 2.17. The fraction of sp³-hybridized carbons (Fsp3) is 0.429. The second kappa shape index (κ2) is 6.28. The first-order chi connectivity index (χ1) is 9.83. The number of aromatic nitrogens is 2. The smallest absolute Gasteiger partial charge is 0.165 e. The standard InChI is InChI=1S/C14H17FN4S/c15-13-2-1-4-16-14(13)19-8-6-18(7-9-19)5-3-12-10-20-11-17-12/h1-2,4,10-11H,3,5-9H2. The van der Waals surface area contributed by atoms with Crippen molar-refractivity contribution in [3.05, 3.63) is 40.7 Å². The van der Waals surface area contributed by atoms with Crippen molar-refractivity contribution in [1.29, 1.82) is 0 Å². The van der Waals surface area contributed by atoms with Crippen LogP contribution in [0.5, 0.6) is 0 Å². The Morgan fingerprint density at radius 3 is 2.75 bits per heavy atom. The molecule has 0 radical (unpaired) electrons. The van der Waals surface area contributed by atoms with Crippen LogP contribution in [0.3, 0.4) is 0 Å². The average Bonchev–Trinajstić information content (AvgIpc) is 3.00. The lowest BCUT2D eigenvalue weighted by molar-refractivity contribution is 0.259. The van der Waals surface area contributed by atoms with Crippen molar-refractivity contribution < 1.29 is 4.39 Å². The molecule has 0 amide bonds. The molecule has 2 aromatic rings. The summed E-state index contributed by atoms with van der Waals surface area (Å²) in [6.07, 6.45) is 2.63. The normalized spacial score (nSPS) is 16.6. The van der Waals surface area contributed by atoms with E-state index in [0.717, 1.165) is 44.8 Å². The van der Waals surface area contributed by atoms with Crippen LogP contribution in [0.4, 0.5) is 10.2 Å². The Morgan fingerprint density at radius 2 is 2.05 bits per heavy atom. The summed E-state index contributed by atoms with van der Waals surface area (Å²) in [6.45, 7) is 4.55. The molecule has 0 spiro atoms. The van der Waals surface area contributed by atoms with Crippen molar-refractivity contribution in [3.8, 4) is 0 Å². The zero-order valence-corrected chi connectivity index (χ0v) is 12.0. The molecule has 20 heavy (non-hydrogen) atoms. The molecular weight excluding hydrogens is 275 g/mol. The Balaban J connectivity index is 1.51. The summed E-state index contributed by atoms with van der Waals surface area (Å²) in [5, 5.41) is 2.10. The summed E-state index contributed by atoms with van der Waals surface area (Å²) in [7, 11) is 0. The van der Waals surface area contributed by atoms with Crippen molar-refractivity contribution in [2.24, 2.45) is 0 Å². The van der Waals surface area contributed by atoms with Crippen LogP contribution in [0.1, 0.15) is 5.69 Å². The van der Waals surface area contributed by atoms with E-state index in [1.807, 2.05) is 10.4 Å². The Labute approximate surface area is 121 Å². The number of rotatable bonds is 4. The predicted molar refractivity (Wildman–Crippen MR) is 78.7 cm³/mol. The van der Waals surface area contributed by atoms with E-state index in [1.54, 1.807) is 23.6 Å². The first kappa shape index (κ1) is 13.5. The maximum Gasteiger partial charge on any atom is 0.165 e. The Kier molecular flexibility index (Phi) is 4.22. The third-order valence-electron chi connectivity index (χ3n) is 3.58. The first-order valence-corrected chi connectivity index (χ1v) is 7.72. The highest BCUT2D eigenvalue weighted by Gasteiger charge is 2.19. The third-order valence-corrected chi connectivity index (χ3v) is 4.21. The molecule has 0 atom stereocenters. The van der Waals surface area contributed by atoms with Crippen LogP contribution < -0.4 is 4.90 Å². The number of piperazine rings is 1. The molecule has 106 valence electrons. The molecule has 0 N–H and O–H groups in total. The number of thiazole rings is 1. The topological polar surface area (TPSA) is 32.3 Å². The van der Waals surface area contributed by atoms with E-state index in [0.29, 0.717) is 5.82 Å². The predicted octanol–water partition coefficient (Wildman–Crippen LogP) is 2.04. The molecule has 1 fully saturated rings. The zero-order chi connectivity index (χ0) is 13.8. The summed E-state index contributed by atoms with van der Waals surface area (Å²) in [6, 6.07) is 3.10. The Morgan fingerprint density at radius 1 is 1.20 bits per heavy atom. The van der Waals surface area contributed by atoms with Gasteiger partial charge in [-0.25, -0.2) is 14.4 Å². The van der Waals surface area contributed by atoms with Crippen LogP contribution in [0.25, 0.3) is 0 Å². The van der Waals surface area contributed by atoms with E-state index in [1.165, 1.54) is 6.07 Å². The first-order valence-electron chi connectivity index (χ1n) is 6.78. The van der Waals surface area contributed by atoms with Gasteiger partial charge in [0.2, 0.25) is 0 Å². The molecule has 0 unspecified atom stereocenters. The lowest BCUT2D eigenvalue weighted by Gasteiger charge is -2.35. The minimum absolute atomic E-state index is 0.233. The van der Waals surface area contributed by atoms with E-state index in [9.17, 15) is 4.39 Å². The summed E-state index contributed by atoms with van der Waals surface area (Å²) in [5.74, 6) is 0.245. The molecule has 2 aromatic heterocycles. The van der Waals surface area contributed by atoms with Crippen LogP contribution >= 0.6 is 11.3 Å². The minimum Gasteiger partial charge on any atom is -0.352 e. The number of hydrogen-bond acceptors (Lipinski definition) is 5. The van der Waals surface area contributed by atoms with Crippen molar-refractivity contribution >= 4 is 17.2 Å². The molecule has 3 heterocycles. The summed E-state index contributed by atoms with van der Waals surface area (Å²) >= 11 is 1.64. The maximum absolute atomic E-state index is 13.7. The number of halogens is 1. The van der Waals surface area contributed by atoms with E-state index < -0.39 is 0 Å². The fourth-order valence-electron chi connectivity index (χ4n) is 2.43. The summed E-state index contributed by atoms with van der Waals surface area (Å²) in [5.41, 5.74) is 3.03. The van der Waals surface area contributed by atoms with Crippen molar-refractivity contribution in [3.63, 3.8) is 0 Å². The van der Waals surface area contributed by atoms with Gasteiger partial charge in [0, 0.05) is 50.7 Å². The molecule has 0 saturated carbocycles. The van der Waals surface area contributed by atoms with Crippen LogP contribution in [0.15, 0.2) is 29.2 Å². The van der Waals surface area contributed by atoms with E-state index >= 15 is 0 Å². The fourth-order valence-corrected chi connectivity index (χ4v) is 3.02. The molecule has 6 heteroatoms. The third kappa shape index (κ3) is 3.13. The van der Waals surface area contributed by atoms with Crippen molar-refractivity contribution in [1.82, 2.24) is 14.9 Å². The zero-order valence-electron chi connectivity index (χ0n) is 11.2. The number of pyridine rings is 1. The quantitative estimate of drug-likeness (QED) is 0.863. The van der Waals surface area contributed by atoms with Gasteiger partial charge in [0.1, 0.15) is 0 Å². The van der Waals surface area contributed by atoms with Gasteiger partial charge in [0.15, 0.2) is 11.6 Å². The monoisotopic (exact) mass is 292 g/mol. The molecule has 0 aliphatic carbocycles. The highest BCUT2D eigenvalue weighted by molar-refractivity contribution is 7.07.